The summed E-state index contributed by atoms with van der Waals surface area (Å²) in [7, 11) is 3.30. The molecule has 0 unspecified atom stereocenters. The van der Waals surface area contributed by atoms with Crippen LogP contribution in [0.3, 0.4) is 0 Å². The monoisotopic (exact) mass is 373 g/mol. The third-order valence-electron chi connectivity index (χ3n) is 4.48. The van der Waals surface area contributed by atoms with E-state index in [9.17, 15) is 4.79 Å². The van der Waals surface area contributed by atoms with E-state index in [1.807, 2.05) is 42.5 Å². The number of fused-ring (bicyclic) bond motifs is 1. The van der Waals surface area contributed by atoms with E-state index in [1.165, 1.54) is 10.9 Å². The summed E-state index contributed by atoms with van der Waals surface area (Å²) >= 11 is 0. The minimum absolute atomic E-state index is 0.146. The molecule has 0 bridgehead atoms. The maximum absolute atomic E-state index is 12.7. The van der Waals surface area contributed by atoms with Crippen LogP contribution >= 0.6 is 0 Å². The largest absolute Gasteiger partial charge is 0.497 e. The molecule has 4 aromatic rings. The molecule has 0 spiro atoms. The zero-order valence-corrected chi connectivity index (χ0v) is 15.6. The van der Waals surface area contributed by atoms with Crippen LogP contribution in [0.15, 0.2) is 66.0 Å². The van der Waals surface area contributed by atoms with Gasteiger partial charge in [-0.1, -0.05) is 12.1 Å². The standard InChI is InChI=1S/C21H19N5O2/c1-26-13-24-18-11-17(15-4-3-5-16(10-15)28-2)25-20(19(18)21(26)27)23-12-14-6-8-22-9-7-14/h3-11,13H,12H2,1-2H3,(H,23,25). The number of rotatable bonds is 5. The molecule has 1 aromatic carbocycles. The zero-order chi connectivity index (χ0) is 19.5. The highest BCUT2D eigenvalue weighted by Gasteiger charge is 2.13. The SMILES string of the molecule is COc1cccc(-c2cc3ncn(C)c(=O)c3c(NCc3ccncc3)n2)c1. The van der Waals surface area contributed by atoms with Gasteiger partial charge in [0.15, 0.2) is 0 Å². The van der Waals surface area contributed by atoms with Gasteiger partial charge < -0.3 is 14.6 Å². The highest BCUT2D eigenvalue weighted by Crippen LogP contribution is 2.27. The number of aryl methyl sites for hydroxylation is 1. The van der Waals surface area contributed by atoms with Crippen LogP contribution in [0.2, 0.25) is 0 Å². The van der Waals surface area contributed by atoms with Gasteiger partial charge in [-0.25, -0.2) is 9.97 Å². The molecule has 0 amide bonds. The van der Waals surface area contributed by atoms with Crippen LogP contribution in [0.5, 0.6) is 5.75 Å². The van der Waals surface area contributed by atoms with Crippen LogP contribution < -0.4 is 15.6 Å². The number of nitrogens with zero attached hydrogens (tertiary/aromatic N) is 4. The minimum atomic E-state index is -0.146. The van der Waals surface area contributed by atoms with Crippen molar-refractivity contribution in [3.8, 4) is 17.0 Å². The van der Waals surface area contributed by atoms with E-state index in [1.54, 1.807) is 26.6 Å². The Balaban J connectivity index is 1.84. The number of nitrogens with one attached hydrogen (secondary N) is 1. The van der Waals surface area contributed by atoms with Gasteiger partial charge in [-0.15, -0.1) is 0 Å². The van der Waals surface area contributed by atoms with Crippen molar-refractivity contribution in [1.82, 2.24) is 19.5 Å². The van der Waals surface area contributed by atoms with Crippen LogP contribution in [-0.2, 0) is 13.6 Å². The van der Waals surface area contributed by atoms with E-state index < -0.39 is 0 Å². The van der Waals surface area contributed by atoms with Crippen molar-refractivity contribution in [2.75, 3.05) is 12.4 Å². The summed E-state index contributed by atoms with van der Waals surface area (Å²) in [4.78, 5) is 25.9. The van der Waals surface area contributed by atoms with E-state index in [2.05, 4.69) is 15.3 Å². The summed E-state index contributed by atoms with van der Waals surface area (Å²) < 4.78 is 6.77. The average molecular weight is 373 g/mol. The molecule has 0 aliphatic heterocycles. The van der Waals surface area contributed by atoms with E-state index in [-0.39, 0.29) is 5.56 Å². The lowest BCUT2D eigenvalue weighted by Gasteiger charge is -2.12. The Labute approximate surface area is 161 Å². The van der Waals surface area contributed by atoms with Crippen molar-refractivity contribution in [2.24, 2.45) is 7.05 Å². The van der Waals surface area contributed by atoms with Gasteiger partial charge in [-0.3, -0.25) is 9.78 Å². The number of anilines is 1. The molecular formula is C21H19N5O2. The smallest absolute Gasteiger partial charge is 0.264 e. The maximum atomic E-state index is 12.7. The number of aromatic nitrogens is 4. The number of pyridine rings is 2. The Morgan fingerprint density at radius 2 is 1.96 bits per heavy atom. The lowest BCUT2D eigenvalue weighted by atomic mass is 10.1. The summed E-state index contributed by atoms with van der Waals surface area (Å²) in [6, 6.07) is 13.3. The molecule has 4 rings (SSSR count). The lowest BCUT2D eigenvalue weighted by Crippen LogP contribution is -2.19. The number of benzene rings is 1. The average Bonchev–Trinajstić information content (AvgIpc) is 2.75. The normalized spacial score (nSPS) is 10.8. The molecule has 140 valence electrons. The summed E-state index contributed by atoms with van der Waals surface area (Å²) in [5.74, 6) is 1.24. The van der Waals surface area contributed by atoms with Crippen LogP contribution in [0.25, 0.3) is 22.2 Å². The van der Waals surface area contributed by atoms with Crippen molar-refractivity contribution in [2.45, 2.75) is 6.54 Å². The van der Waals surface area contributed by atoms with Crippen molar-refractivity contribution < 1.29 is 4.74 Å². The van der Waals surface area contributed by atoms with Gasteiger partial charge >= 0.3 is 0 Å². The highest BCUT2D eigenvalue weighted by atomic mass is 16.5. The first-order valence-corrected chi connectivity index (χ1v) is 8.79. The predicted molar refractivity (Wildman–Crippen MR) is 108 cm³/mol. The first-order valence-electron chi connectivity index (χ1n) is 8.79. The van der Waals surface area contributed by atoms with Crippen molar-refractivity contribution in [3.63, 3.8) is 0 Å². The topological polar surface area (TPSA) is 81.9 Å². The van der Waals surface area contributed by atoms with Gasteiger partial charge in [-0.2, -0.15) is 0 Å². The molecular weight excluding hydrogens is 354 g/mol. The Hall–Kier alpha value is -3.74. The van der Waals surface area contributed by atoms with Crippen LogP contribution in [0, 0.1) is 0 Å². The van der Waals surface area contributed by atoms with Crippen LogP contribution in [0.4, 0.5) is 5.82 Å². The molecule has 0 saturated heterocycles. The third-order valence-corrected chi connectivity index (χ3v) is 4.48. The Bertz CT molecular complexity index is 1190. The second kappa shape index (κ2) is 7.48. The van der Waals surface area contributed by atoms with Gasteiger partial charge in [-0.05, 0) is 35.9 Å². The molecule has 0 fully saturated rings. The van der Waals surface area contributed by atoms with Crippen molar-refractivity contribution in [3.05, 3.63) is 77.1 Å². The molecule has 1 N–H and O–H groups in total. The fraction of sp³-hybridized carbons (Fsp3) is 0.143. The van der Waals surface area contributed by atoms with E-state index in [0.717, 1.165) is 16.9 Å². The summed E-state index contributed by atoms with van der Waals surface area (Å²) in [6.07, 6.45) is 4.98. The highest BCUT2D eigenvalue weighted by molar-refractivity contribution is 5.91. The maximum Gasteiger partial charge on any atom is 0.264 e. The van der Waals surface area contributed by atoms with Gasteiger partial charge in [0, 0.05) is 31.5 Å². The molecule has 0 aliphatic rings. The predicted octanol–water partition coefficient (Wildman–Crippen LogP) is 3.01. The molecule has 3 aromatic heterocycles. The quantitative estimate of drug-likeness (QED) is 0.579. The van der Waals surface area contributed by atoms with Gasteiger partial charge in [0.25, 0.3) is 5.56 Å². The second-order valence-corrected chi connectivity index (χ2v) is 6.35. The number of hydrogen-bond donors (Lipinski definition) is 1. The number of ether oxygens (including phenoxy) is 1. The van der Waals surface area contributed by atoms with E-state index in [4.69, 9.17) is 9.72 Å². The molecule has 0 radical (unpaired) electrons. The van der Waals surface area contributed by atoms with Crippen molar-refractivity contribution >= 4 is 16.7 Å². The Morgan fingerprint density at radius 3 is 2.75 bits per heavy atom. The summed E-state index contributed by atoms with van der Waals surface area (Å²) in [5.41, 5.74) is 3.08. The molecule has 28 heavy (non-hydrogen) atoms. The van der Waals surface area contributed by atoms with E-state index in [0.29, 0.717) is 29.0 Å². The number of hydrogen-bond acceptors (Lipinski definition) is 6. The first-order chi connectivity index (χ1) is 13.7. The van der Waals surface area contributed by atoms with Gasteiger partial charge in [0.2, 0.25) is 0 Å². The van der Waals surface area contributed by atoms with Crippen LogP contribution in [0.1, 0.15) is 5.56 Å². The molecule has 7 heteroatoms. The zero-order valence-electron chi connectivity index (χ0n) is 15.6. The second-order valence-electron chi connectivity index (χ2n) is 6.35. The minimum Gasteiger partial charge on any atom is -0.497 e. The van der Waals surface area contributed by atoms with Gasteiger partial charge in [0.05, 0.1) is 24.6 Å². The third kappa shape index (κ3) is 3.42. The fourth-order valence-corrected chi connectivity index (χ4v) is 2.97. The fourth-order valence-electron chi connectivity index (χ4n) is 2.97. The lowest BCUT2D eigenvalue weighted by molar-refractivity contribution is 0.415. The Morgan fingerprint density at radius 1 is 1.14 bits per heavy atom. The molecule has 0 aliphatic carbocycles. The summed E-state index contributed by atoms with van der Waals surface area (Å²) in [6.45, 7) is 0.518. The first kappa shape index (κ1) is 17.7. The molecule has 7 nitrogen and oxygen atoms in total. The van der Waals surface area contributed by atoms with E-state index >= 15 is 0 Å². The molecule has 0 saturated carbocycles. The Kier molecular flexibility index (Phi) is 4.72. The summed E-state index contributed by atoms with van der Waals surface area (Å²) in [5, 5.41) is 3.75. The number of methoxy groups -OCH3 is 1. The van der Waals surface area contributed by atoms with Crippen LogP contribution in [-0.4, -0.2) is 26.6 Å². The van der Waals surface area contributed by atoms with Gasteiger partial charge in [0.1, 0.15) is 17.0 Å². The molecule has 0 atom stereocenters. The van der Waals surface area contributed by atoms with Crippen molar-refractivity contribution in [1.29, 1.82) is 0 Å². The molecule has 3 heterocycles.